The standard InChI is InChI=1S/C15H25N3O/c1-19-12-13-5-7-14(8-6-13)15(11-16)17-18-9-3-2-4-10-18/h5-8,15,17H,2-4,9-12,16H2,1H3. The predicted molar refractivity (Wildman–Crippen MR) is 77.5 cm³/mol. The summed E-state index contributed by atoms with van der Waals surface area (Å²) in [5.74, 6) is 0. The Morgan fingerprint density at radius 2 is 1.89 bits per heavy atom. The topological polar surface area (TPSA) is 50.5 Å². The molecule has 1 saturated heterocycles. The average molecular weight is 263 g/mol. The molecule has 0 bridgehead atoms. The summed E-state index contributed by atoms with van der Waals surface area (Å²) in [4.78, 5) is 0. The third-order valence-corrected chi connectivity index (χ3v) is 3.62. The molecule has 0 spiro atoms. The molecule has 0 amide bonds. The predicted octanol–water partition coefficient (Wildman–Crippen LogP) is 1.82. The van der Waals surface area contributed by atoms with Gasteiger partial charge in [-0.15, -0.1) is 0 Å². The van der Waals surface area contributed by atoms with E-state index in [0.717, 1.165) is 13.1 Å². The Hall–Kier alpha value is -0.940. The second-order valence-corrected chi connectivity index (χ2v) is 5.14. The van der Waals surface area contributed by atoms with Crippen molar-refractivity contribution in [2.24, 2.45) is 5.73 Å². The van der Waals surface area contributed by atoms with Crippen molar-refractivity contribution in [2.45, 2.75) is 31.9 Å². The van der Waals surface area contributed by atoms with Crippen molar-refractivity contribution >= 4 is 0 Å². The van der Waals surface area contributed by atoms with Gasteiger partial charge in [-0.3, -0.25) is 0 Å². The summed E-state index contributed by atoms with van der Waals surface area (Å²) in [5.41, 5.74) is 11.9. The molecule has 0 radical (unpaired) electrons. The Labute approximate surface area is 115 Å². The number of ether oxygens (including phenoxy) is 1. The van der Waals surface area contributed by atoms with Gasteiger partial charge < -0.3 is 10.5 Å². The van der Waals surface area contributed by atoms with Crippen LogP contribution in [-0.4, -0.2) is 31.8 Å². The minimum Gasteiger partial charge on any atom is -0.380 e. The van der Waals surface area contributed by atoms with Crippen molar-refractivity contribution in [2.75, 3.05) is 26.7 Å². The SMILES string of the molecule is COCc1ccc(C(CN)NN2CCCCC2)cc1. The molecule has 19 heavy (non-hydrogen) atoms. The van der Waals surface area contributed by atoms with E-state index < -0.39 is 0 Å². The van der Waals surface area contributed by atoms with Gasteiger partial charge in [0.05, 0.1) is 12.6 Å². The summed E-state index contributed by atoms with van der Waals surface area (Å²) in [7, 11) is 1.72. The number of piperidine rings is 1. The molecule has 1 aliphatic rings. The average Bonchev–Trinajstić information content (AvgIpc) is 2.47. The van der Waals surface area contributed by atoms with Gasteiger partial charge in [-0.2, -0.15) is 0 Å². The van der Waals surface area contributed by atoms with E-state index in [4.69, 9.17) is 10.5 Å². The molecule has 1 aliphatic heterocycles. The molecule has 0 saturated carbocycles. The van der Waals surface area contributed by atoms with Crippen LogP contribution in [0.4, 0.5) is 0 Å². The van der Waals surface area contributed by atoms with E-state index in [0.29, 0.717) is 13.2 Å². The first-order valence-corrected chi connectivity index (χ1v) is 7.12. The van der Waals surface area contributed by atoms with Crippen LogP contribution in [0.1, 0.15) is 36.4 Å². The quantitative estimate of drug-likeness (QED) is 0.822. The molecular weight excluding hydrogens is 238 g/mol. The number of methoxy groups -OCH3 is 1. The maximum absolute atomic E-state index is 5.90. The second kappa shape index (κ2) is 7.60. The number of nitrogens with zero attached hydrogens (tertiary/aromatic N) is 1. The van der Waals surface area contributed by atoms with Crippen LogP contribution in [0.15, 0.2) is 24.3 Å². The van der Waals surface area contributed by atoms with Crippen LogP contribution in [0.25, 0.3) is 0 Å². The molecule has 106 valence electrons. The van der Waals surface area contributed by atoms with Crippen LogP contribution in [0.3, 0.4) is 0 Å². The summed E-state index contributed by atoms with van der Waals surface area (Å²) in [5, 5.41) is 2.31. The van der Waals surface area contributed by atoms with Crippen molar-refractivity contribution in [1.82, 2.24) is 10.4 Å². The molecule has 2 rings (SSSR count). The van der Waals surface area contributed by atoms with Gasteiger partial charge in [-0.05, 0) is 24.0 Å². The summed E-state index contributed by atoms with van der Waals surface area (Å²) in [6, 6.07) is 8.71. The zero-order chi connectivity index (χ0) is 13.5. The Balaban J connectivity index is 1.95. The lowest BCUT2D eigenvalue weighted by atomic mass is 10.1. The minimum atomic E-state index is 0.203. The lowest BCUT2D eigenvalue weighted by Crippen LogP contribution is -2.45. The van der Waals surface area contributed by atoms with Gasteiger partial charge in [-0.25, -0.2) is 10.4 Å². The molecule has 1 heterocycles. The maximum atomic E-state index is 5.90. The second-order valence-electron chi connectivity index (χ2n) is 5.14. The van der Waals surface area contributed by atoms with E-state index in [1.165, 1.54) is 30.4 Å². The van der Waals surface area contributed by atoms with Gasteiger partial charge in [0.15, 0.2) is 0 Å². The molecule has 0 aliphatic carbocycles. The van der Waals surface area contributed by atoms with Crippen LogP contribution in [0.2, 0.25) is 0 Å². The van der Waals surface area contributed by atoms with Crippen LogP contribution in [0.5, 0.6) is 0 Å². The number of nitrogens with two attached hydrogens (primary N) is 1. The monoisotopic (exact) mass is 263 g/mol. The lowest BCUT2D eigenvalue weighted by molar-refractivity contribution is 0.130. The van der Waals surface area contributed by atoms with E-state index in [2.05, 4.69) is 34.7 Å². The number of hydrogen-bond donors (Lipinski definition) is 2. The minimum absolute atomic E-state index is 0.203. The molecule has 1 aromatic carbocycles. The van der Waals surface area contributed by atoms with Gasteiger partial charge in [0.25, 0.3) is 0 Å². The van der Waals surface area contributed by atoms with Gasteiger partial charge in [0, 0.05) is 26.7 Å². The summed E-state index contributed by atoms with van der Waals surface area (Å²) in [6.45, 7) is 3.52. The Kier molecular flexibility index (Phi) is 5.79. The molecule has 3 N–H and O–H groups in total. The zero-order valence-corrected chi connectivity index (χ0v) is 11.8. The zero-order valence-electron chi connectivity index (χ0n) is 11.8. The highest BCUT2D eigenvalue weighted by Crippen LogP contribution is 2.16. The fourth-order valence-electron chi connectivity index (χ4n) is 2.52. The first kappa shape index (κ1) is 14.5. The maximum Gasteiger partial charge on any atom is 0.0713 e. The Bertz CT molecular complexity index is 360. The van der Waals surface area contributed by atoms with Gasteiger partial charge >= 0.3 is 0 Å². The third-order valence-electron chi connectivity index (χ3n) is 3.62. The third kappa shape index (κ3) is 4.28. The van der Waals surface area contributed by atoms with Crippen LogP contribution >= 0.6 is 0 Å². The molecule has 4 nitrogen and oxygen atoms in total. The highest BCUT2D eigenvalue weighted by Gasteiger charge is 2.15. The van der Waals surface area contributed by atoms with Gasteiger partial charge in [0.2, 0.25) is 0 Å². The summed E-state index contributed by atoms with van der Waals surface area (Å²) in [6.07, 6.45) is 3.89. The fraction of sp³-hybridized carbons (Fsp3) is 0.600. The number of hydrogen-bond acceptors (Lipinski definition) is 4. The molecule has 4 heteroatoms. The van der Waals surface area contributed by atoms with Crippen LogP contribution in [-0.2, 0) is 11.3 Å². The molecule has 0 aromatic heterocycles. The number of nitrogens with one attached hydrogen (secondary N) is 1. The van der Waals surface area contributed by atoms with Gasteiger partial charge in [0.1, 0.15) is 0 Å². The summed E-state index contributed by atoms with van der Waals surface area (Å²) >= 11 is 0. The summed E-state index contributed by atoms with van der Waals surface area (Å²) < 4.78 is 5.13. The highest BCUT2D eigenvalue weighted by molar-refractivity contribution is 5.24. The Morgan fingerprint density at radius 1 is 1.21 bits per heavy atom. The molecule has 1 atom stereocenters. The lowest BCUT2D eigenvalue weighted by Gasteiger charge is -2.31. The normalized spacial score (nSPS) is 18.4. The van der Waals surface area contributed by atoms with E-state index in [9.17, 15) is 0 Å². The van der Waals surface area contributed by atoms with Crippen LogP contribution < -0.4 is 11.2 Å². The van der Waals surface area contributed by atoms with E-state index >= 15 is 0 Å². The number of rotatable bonds is 6. The van der Waals surface area contributed by atoms with Crippen molar-refractivity contribution in [1.29, 1.82) is 0 Å². The Morgan fingerprint density at radius 3 is 2.47 bits per heavy atom. The highest BCUT2D eigenvalue weighted by atomic mass is 16.5. The van der Waals surface area contributed by atoms with E-state index in [1.54, 1.807) is 7.11 Å². The molecule has 1 aromatic rings. The smallest absolute Gasteiger partial charge is 0.0713 e. The van der Waals surface area contributed by atoms with Crippen molar-refractivity contribution in [3.63, 3.8) is 0 Å². The van der Waals surface area contributed by atoms with Crippen molar-refractivity contribution in [3.8, 4) is 0 Å². The van der Waals surface area contributed by atoms with Gasteiger partial charge in [-0.1, -0.05) is 30.7 Å². The first-order chi connectivity index (χ1) is 9.33. The first-order valence-electron chi connectivity index (χ1n) is 7.12. The van der Waals surface area contributed by atoms with Crippen molar-refractivity contribution < 1.29 is 4.74 Å². The largest absolute Gasteiger partial charge is 0.380 e. The van der Waals surface area contributed by atoms with Crippen molar-refractivity contribution in [3.05, 3.63) is 35.4 Å². The molecule has 1 fully saturated rings. The number of hydrazine groups is 1. The fourth-order valence-corrected chi connectivity index (χ4v) is 2.52. The van der Waals surface area contributed by atoms with Crippen LogP contribution in [0, 0.1) is 0 Å². The molecule has 1 unspecified atom stereocenters. The molecular formula is C15H25N3O. The van der Waals surface area contributed by atoms with E-state index in [1.807, 2.05) is 0 Å². The van der Waals surface area contributed by atoms with E-state index in [-0.39, 0.29) is 6.04 Å². The number of benzene rings is 1.